The highest BCUT2D eigenvalue weighted by Crippen LogP contribution is 2.26. The normalized spacial score (nSPS) is 13.1. The second kappa shape index (κ2) is 6.05. The summed E-state index contributed by atoms with van der Waals surface area (Å²) in [6.45, 7) is 8.59. The number of rotatable bonds is 5. The molecule has 16 heavy (non-hydrogen) atoms. The zero-order valence-corrected chi connectivity index (χ0v) is 11.0. The van der Waals surface area contributed by atoms with Crippen LogP contribution in [0, 0.1) is 19.8 Å². The summed E-state index contributed by atoms with van der Waals surface area (Å²) in [6.07, 6.45) is 2.89. The van der Waals surface area contributed by atoms with Crippen molar-refractivity contribution < 1.29 is 5.11 Å². The van der Waals surface area contributed by atoms with Gasteiger partial charge in [-0.15, -0.1) is 0 Å². The summed E-state index contributed by atoms with van der Waals surface area (Å²) in [5, 5.41) is 10.2. The Hall–Kier alpha value is -0.820. The fourth-order valence-electron chi connectivity index (χ4n) is 2.05. The minimum Gasteiger partial charge on any atom is -0.388 e. The maximum atomic E-state index is 10.2. The quantitative estimate of drug-likeness (QED) is 0.790. The van der Waals surface area contributed by atoms with Crippen LogP contribution in [0.5, 0.6) is 0 Å². The molecule has 90 valence electrons. The fraction of sp³-hybridized carbons (Fsp3) is 0.600. The second-order valence-electron chi connectivity index (χ2n) is 4.78. The Labute approximate surface area is 99.5 Å². The van der Waals surface area contributed by atoms with Gasteiger partial charge < -0.3 is 5.11 Å². The first-order valence-electron chi connectivity index (χ1n) is 6.33. The maximum absolute atomic E-state index is 10.2. The number of benzene rings is 1. The molecule has 1 rings (SSSR count). The summed E-state index contributed by atoms with van der Waals surface area (Å²) in [6, 6.07) is 6.26. The molecular weight excluding hydrogens is 196 g/mol. The summed E-state index contributed by atoms with van der Waals surface area (Å²) in [5.74, 6) is 0.636. The largest absolute Gasteiger partial charge is 0.388 e. The molecule has 1 aromatic rings. The van der Waals surface area contributed by atoms with E-state index in [-0.39, 0.29) is 6.10 Å². The fourth-order valence-corrected chi connectivity index (χ4v) is 2.05. The molecule has 0 aliphatic heterocycles. The molecule has 1 N–H and O–H groups in total. The lowest BCUT2D eigenvalue weighted by molar-refractivity contribution is 0.141. The number of hydrogen-bond acceptors (Lipinski definition) is 1. The van der Waals surface area contributed by atoms with Crippen molar-refractivity contribution in [2.75, 3.05) is 0 Å². The van der Waals surface area contributed by atoms with Crippen molar-refractivity contribution >= 4 is 0 Å². The molecule has 1 atom stereocenters. The lowest BCUT2D eigenvalue weighted by Gasteiger charge is -2.18. The molecule has 1 nitrogen and oxygen atoms in total. The number of aliphatic hydroxyl groups excluding tert-OH is 1. The van der Waals surface area contributed by atoms with Crippen molar-refractivity contribution in [2.24, 2.45) is 5.92 Å². The second-order valence-corrected chi connectivity index (χ2v) is 4.78. The van der Waals surface area contributed by atoms with Gasteiger partial charge in [-0.3, -0.25) is 0 Å². The van der Waals surface area contributed by atoms with Gasteiger partial charge in [0, 0.05) is 0 Å². The monoisotopic (exact) mass is 220 g/mol. The van der Waals surface area contributed by atoms with Crippen molar-refractivity contribution in [3.05, 3.63) is 34.9 Å². The first-order valence-corrected chi connectivity index (χ1v) is 6.33. The van der Waals surface area contributed by atoms with E-state index in [0.717, 1.165) is 24.8 Å². The highest BCUT2D eigenvalue weighted by atomic mass is 16.3. The van der Waals surface area contributed by atoms with Crippen LogP contribution in [0.4, 0.5) is 0 Å². The van der Waals surface area contributed by atoms with Gasteiger partial charge in [-0.05, 0) is 42.9 Å². The molecule has 0 heterocycles. The zero-order valence-electron chi connectivity index (χ0n) is 11.0. The summed E-state index contributed by atoms with van der Waals surface area (Å²) in [5.41, 5.74) is 3.62. The number of hydrogen-bond donors (Lipinski definition) is 1. The molecule has 0 saturated heterocycles. The Morgan fingerprint density at radius 2 is 1.69 bits per heavy atom. The van der Waals surface area contributed by atoms with E-state index in [1.54, 1.807) is 0 Å². The standard InChI is InChI=1S/C15H24O/c1-5-13(6-2)10-15(16)14-8-7-11(3)12(4)9-14/h7-9,13,15-16H,5-6,10H2,1-4H3. The van der Waals surface area contributed by atoms with Crippen molar-refractivity contribution in [1.82, 2.24) is 0 Å². The van der Waals surface area contributed by atoms with Crippen molar-refractivity contribution in [2.45, 2.75) is 53.1 Å². The molecule has 0 fully saturated rings. The average Bonchev–Trinajstić information content (AvgIpc) is 2.29. The molecule has 0 radical (unpaired) electrons. The number of aliphatic hydroxyl groups is 1. The van der Waals surface area contributed by atoms with Gasteiger partial charge >= 0.3 is 0 Å². The van der Waals surface area contributed by atoms with Crippen molar-refractivity contribution in [1.29, 1.82) is 0 Å². The minimum absolute atomic E-state index is 0.302. The van der Waals surface area contributed by atoms with Gasteiger partial charge in [0.25, 0.3) is 0 Å². The van der Waals surface area contributed by atoms with E-state index in [0.29, 0.717) is 5.92 Å². The molecule has 0 saturated carbocycles. The Bertz CT molecular complexity index is 326. The Balaban J connectivity index is 2.72. The third kappa shape index (κ3) is 3.34. The molecule has 0 aromatic heterocycles. The Kier molecular flexibility index (Phi) is 5.01. The van der Waals surface area contributed by atoms with E-state index in [2.05, 4.69) is 45.9 Å². The summed E-state index contributed by atoms with van der Waals surface area (Å²) < 4.78 is 0. The van der Waals surface area contributed by atoms with Gasteiger partial charge in [-0.25, -0.2) is 0 Å². The van der Waals surface area contributed by atoms with Crippen LogP contribution in [0.3, 0.4) is 0 Å². The van der Waals surface area contributed by atoms with Gasteiger partial charge in [0.05, 0.1) is 6.10 Å². The van der Waals surface area contributed by atoms with E-state index in [9.17, 15) is 5.11 Å². The summed E-state index contributed by atoms with van der Waals surface area (Å²) in [4.78, 5) is 0. The predicted octanol–water partition coefficient (Wildman–Crippen LogP) is 4.16. The van der Waals surface area contributed by atoms with Gasteiger partial charge in [0.15, 0.2) is 0 Å². The van der Waals surface area contributed by atoms with Crippen LogP contribution in [0.15, 0.2) is 18.2 Å². The van der Waals surface area contributed by atoms with Gasteiger partial charge in [0.1, 0.15) is 0 Å². The van der Waals surface area contributed by atoms with Gasteiger partial charge in [0.2, 0.25) is 0 Å². The van der Waals surface area contributed by atoms with E-state index in [1.807, 2.05) is 0 Å². The molecule has 1 aromatic carbocycles. The highest BCUT2D eigenvalue weighted by molar-refractivity contribution is 5.31. The van der Waals surface area contributed by atoms with Crippen LogP contribution in [-0.4, -0.2) is 5.11 Å². The molecule has 0 amide bonds. The van der Waals surface area contributed by atoms with E-state index in [1.165, 1.54) is 11.1 Å². The zero-order chi connectivity index (χ0) is 12.1. The van der Waals surface area contributed by atoms with Crippen LogP contribution in [0.25, 0.3) is 0 Å². The van der Waals surface area contributed by atoms with Crippen LogP contribution in [0.2, 0.25) is 0 Å². The first-order chi connectivity index (χ1) is 7.58. The minimum atomic E-state index is -0.302. The lowest BCUT2D eigenvalue weighted by Crippen LogP contribution is -2.06. The van der Waals surface area contributed by atoms with E-state index >= 15 is 0 Å². The van der Waals surface area contributed by atoms with E-state index < -0.39 is 0 Å². The number of aryl methyl sites for hydroxylation is 2. The predicted molar refractivity (Wildman–Crippen MR) is 69.6 cm³/mol. The summed E-state index contributed by atoms with van der Waals surface area (Å²) in [7, 11) is 0. The molecular formula is C15H24O. The van der Waals surface area contributed by atoms with Crippen LogP contribution < -0.4 is 0 Å². The third-order valence-electron chi connectivity index (χ3n) is 3.63. The SMILES string of the molecule is CCC(CC)CC(O)c1ccc(C)c(C)c1. The van der Waals surface area contributed by atoms with Crippen molar-refractivity contribution in [3.63, 3.8) is 0 Å². The first kappa shape index (κ1) is 13.2. The van der Waals surface area contributed by atoms with Gasteiger partial charge in [-0.1, -0.05) is 44.9 Å². The molecule has 0 spiro atoms. The lowest BCUT2D eigenvalue weighted by atomic mass is 9.92. The Morgan fingerprint density at radius 1 is 1.06 bits per heavy atom. The third-order valence-corrected chi connectivity index (χ3v) is 3.63. The highest BCUT2D eigenvalue weighted by Gasteiger charge is 2.13. The topological polar surface area (TPSA) is 20.2 Å². The van der Waals surface area contributed by atoms with Crippen LogP contribution in [-0.2, 0) is 0 Å². The van der Waals surface area contributed by atoms with Crippen LogP contribution in [0.1, 0.15) is 55.9 Å². The molecule has 0 aliphatic rings. The average molecular weight is 220 g/mol. The molecule has 0 aliphatic carbocycles. The maximum Gasteiger partial charge on any atom is 0.0792 e. The van der Waals surface area contributed by atoms with Crippen molar-refractivity contribution in [3.8, 4) is 0 Å². The summed E-state index contributed by atoms with van der Waals surface area (Å²) >= 11 is 0. The Morgan fingerprint density at radius 3 is 2.19 bits per heavy atom. The molecule has 1 unspecified atom stereocenters. The molecule has 1 heteroatoms. The smallest absolute Gasteiger partial charge is 0.0792 e. The molecule has 0 bridgehead atoms. The van der Waals surface area contributed by atoms with E-state index in [4.69, 9.17) is 0 Å². The van der Waals surface area contributed by atoms with Crippen LogP contribution >= 0.6 is 0 Å². The van der Waals surface area contributed by atoms with Gasteiger partial charge in [-0.2, -0.15) is 0 Å².